The molecule has 0 radical (unpaired) electrons. The van der Waals surface area contributed by atoms with Gasteiger partial charge in [-0.15, -0.1) is 0 Å². The van der Waals surface area contributed by atoms with E-state index in [9.17, 15) is 9.59 Å². The predicted molar refractivity (Wildman–Crippen MR) is 81.0 cm³/mol. The van der Waals surface area contributed by atoms with Gasteiger partial charge in [-0.05, 0) is 19.7 Å². The first-order valence-corrected chi connectivity index (χ1v) is 7.47. The molecular formula is C16H21N3O3. The van der Waals surface area contributed by atoms with Crippen LogP contribution in [0.15, 0.2) is 30.3 Å². The molecule has 2 aliphatic heterocycles. The fraction of sp³-hybridized carbons (Fsp3) is 0.500. The first kappa shape index (κ1) is 15.0. The van der Waals surface area contributed by atoms with Crippen LogP contribution in [0, 0.1) is 0 Å². The van der Waals surface area contributed by atoms with Crippen molar-refractivity contribution in [2.45, 2.75) is 24.7 Å². The van der Waals surface area contributed by atoms with Gasteiger partial charge < -0.3 is 19.9 Å². The highest BCUT2D eigenvalue weighted by Gasteiger charge is 2.46. The fourth-order valence-electron chi connectivity index (χ4n) is 3.18. The van der Waals surface area contributed by atoms with Gasteiger partial charge in [-0.1, -0.05) is 30.3 Å². The molecule has 3 rings (SSSR count). The number of likely N-dealkylation sites (N-methyl/N-ethyl adjacent to an activating group) is 1. The van der Waals surface area contributed by atoms with Crippen LogP contribution in [0.5, 0.6) is 0 Å². The Hall–Kier alpha value is -1.92. The van der Waals surface area contributed by atoms with Crippen LogP contribution in [0.25, 0.3) is 0 Å². The van der Waals surface area contributed by atoms with Crippen molar-refractivity contribution in [3.8, 4) is 0 Å². The van der Waals surface area contributed by atoms with Crippen LogP contribution in [0.2, 0.25) is 0 Å². The largest absolute Gasteiger partial charge is 0.378 e. The first-order chi connectivity index (χ1) is 10.6. The zero-order chi connectivity index (χ0) is 15.7. The lowest BCUT2D eigenvalue weighted by Gasteiger charge is -2.48. The van der Waals surface area contributed by atoms with Gasteiger partial charge in [0.15, 0.2) is 0 Å². The van der Waals surface area contributed by atoms with E-state index < -0.39 is 11.8 Å². The van der Waals surface area contributed by atoms with Crippen LogP contribution in [0.1, 0.15) is 5.56 Å². The molecule has 6 nitrogen and oxygen atoms in total. The second-order valence-corrected chi connectivity index (χ2v) is 6.05. The SMILES string of the molecule is CN(C)[C@H]1COC[C@@H]2[C@@H]1NC(=O)C(=O)N2Cc1ccccc1. The van der Waals surface area contributed by atoms with Crippen LogP contribution in [0.3, 0.4) is 0 Å². The minimum absolute atomic E-state index is 0.0640. The van der Waals surface area contributed by atoms with Gasteiger partial charge in [-0.3, -0.25) is 9.59 Å². The van der Waals surface area contributed by atoms with Crippen LogP contribution in [-0.4, -0.2) is 67.0 Å². The van der Waals surface area contributed by atoms with Crippen molar-refractivity contribution in [1.82, 2.24) is 15.1 Å². The number of fused-ring (bicyclic) bond motifs is 1. The Morgan fingerprint density at radius 3 is 2.64 bits per heavy atom. The predicted octanol–water partition coefficient (Wildman–Crippen LogP) is -0.157. The summed E-state index contributed by atoms with van der Waals surface area (Å²) in [6, 6.07) is 9.55. The second kappa shape index (κ2) is 6.06. The number of carbonyl (C=O) groups excluding carboxylic acids is 2. The molecular weight excluding hydrogens is 282 g/mol. The Labute approximate surface area is 130 Å². The number of amides is 2. The van der Waals surface area contributed by atoms with Gasteiger partial charge in [-0.25, -0.2) is 0 Å². The van der Waals surface area contributed by atoms with E-state index in [1.54, 1.807) is 4.90 Å². The van der Waals surface area contributed by atoms with Crippen molar-refractivity contribution >= 4 is 11.8 Å². The summed E-state index contributed by atoms with van der Waals surface area (Å²) in [5.74, 6) is -1.00. The third kappa shape index (κ3) is 2.71. The smallest absolute Gasteiger partial charge is 0.312 e. The quantitative estimate of drug-likeness (QED) is 0.789. The van der Waals surface area contributed by atoms with Crippen molar-refractivity contribution in [3.63, 3.8) is 0 Å². The summed E-state index contributed by atoms with van der Waals surface area (Å²) >= 11 is 0. The van der Waals surface area contributed by atoms with Crippen LogP contribution < -0.4 is 5.32 Å². The summed E-state index contributed by atoms with van der Waals surface area (Å²) in [5, 5.41) is 2.86. The third-order valence-corrected chi connectivity index (χ3v) is 4.42. The summed E-state index contributed by atoms with van der Waals surface area (Å²) in [5.41, 5.74) is 1.01. The first-order valence-electron chi connectivity index (χ1n) is 7.47. The Kier molecular flexibility index (Phi) is 4.13. The van der Waals surface area contributed by atoms with Crippen molar-refractivity contribution in [2.24, 2.45) is 0 Å². The van der Waals surface area contributed by atoms with E-state index in [0.717, 1.165) is 5.56 Å². The molecule has 1 N–H and O–H groups in total. The maximum atomic E-state index is 12.3. The number of ether oxygens (including phenoxy) is 1. The molecule has 2 heterocycles. The number of rotatable bonds is 3. The zero-order valence-electron chi connectivity index (χ0n) is 12.9. The lowest BCUT2D eigenvalue weighted by Crippen LogP contribution is -2.72. The number of nitrogens with one attached hydrogen (secondary N) is 1. The zero-order valence-corrected chi connectivity index (χ0v) is 12.9. The topological polar surface area (TPSA) is 61.9 Å². The Morgan fingerprint density at radius 2 is 1.95 bits per heavy atom. The van der Waals surface area contributed by atoms with Crippen molar-refractivity contribution in [2.75, 3.05) is 27.3 Å². The highest BCUT2D eigenvalue weighted by atomic mass is 16.5. The lowest BCUT2D eigenvalue weighted by molar-refractivity contribution is -0.159. The minimum Gasteiger partial charge on any atom is -0.378 e. The molecule has 3 atom stereocenters. The number of piperazine rings is 1. The van der Waals surface area contributed by atoms with E-state index in [1.807, 2.05) is 49.3 Å². The van der Waals surface area contributed by atoms with Gasteiger partial charge in [0.05, 0.1) is 31.3 Å². The number of hydrogen-bond acceptors (Lipinski definition) is 4. The van der Waals surface area contributed by atoms with E-state index in [1.165, 1.54) is 0 Å². The van der Waals surface area contributed by atoms with Gasteiger partial charge in [0.2, 0.25) is 0 Å². The Bertz CT molecular complexity index is 561. The molecule has 22 heavy (non-hydrogen) atoms. The molecule has 2 amide bonds. The highest BCUT2D eigenvalue weighted by Crippen LogP contribution is 2.23. The van der Waals surface area contributed by atoms with Crippen molar-refractivity contribution in [1.29, 1.82) is 0 Å². The fourth-order valence-corrected chi connectivity index (χ4v) is 3.18. The molecule has 0 spiro atoms. The molecule has 6 heteroatoms. The van der Waals surface area contributed by atoms with Crippen molar-refractivity contribution in [3.05, 3.63) is 35.9 Å². The molecule has 2 fully saturated rings. The molecule has 0 bridgehead atoms. The highest BCUT2D eigenvalue weighted by molar-refractivity contribution is 6.35. The average molecular weight is 303 g/mol. The van der Waals surface area contributed by atoms with E-state index in [-0.39, 0.29) is 18.1 Å². The minimum atomic E-state index is -0.522. The summed E-state index contributed by atoms with van der Waals surface area (Å²) in [6.07, 6.45) is 0. The van der Waals surface area contributed by atoms with Gasteiger partial charge in [-0.2, -0.15) is 0 Å². The summed E-state index contributed by atoms with van der Waals surface area (Å²) in [7, 11) is 3.92. The summed E-state index contributed by atoms with van der Waals surface area (Å²) in [4.78, 5) is 28.0. The van der Waals surface area contributed by atoms with E-state index in [0.29, 0.717) is 19.8 Å². The molecule has 1 aromatic rings. The number of nitrogens with zero attached hydrogens (tertiary/aromatic N) is 2. The number of carbonyl (C=O) groups is 2. The average Bonchev–Trinajstić information content (AvgIpc) is 2.52. The van der Waals surface area contributed by atoms with Gasteiger partial charge in [0.1, 0.15) is 0 Å². The van der Waals surface area contributed by atoms with Gasteiger partial charge in [0.25, 0.3) is 0 Å². The van der Waals surface area contributed by atoms with E-state index in [2.05, 4.69) is 5.32 Å². The Morgan fingerprint density at radius 1 is 1.23 bits per heavy atom. The molecule has 0 aromatic heterocycles. The number of hydrogen-bond donors (Lipinski definition) is 1. The van der Waals surface area contributed by atoms with Crippen molar-refractivity contribution < 1.29 is 14.3 Å². The number of benzene rings is 1. The summed E-state index contributed by atoms with van der Waals surface area (Å²) < 4.78 is 5.68. The normalized spacial score (nSPS) is 28.5. The van der Waals surface area contributed by atoms with E-state index >= 15 is 0 Å². The summed E-state index contributed by atoms with van der Waals surface area (Å²) in [6.45, 7) is 1.44. The molecule has 1 aromatic carbocycles. The van der Waals surface area contributed by atoms with Gasteiger partial charge in [0, 0.05) is 6.54 Å². The monoisotopic (exact) mass is 303 g/mol. The molecule has 2 aliphatic rings. The lowest BCUT2D eigenvalue weighted by atomic mass is 9.93. The van der Waals surface area contributed by atoms with Crippen LogP contribution in [0.4, 0.5) is 0 Å². The molecule has 0 saturated carbocycles. The standard InChI is InChI=1S/C16H21N3O3/c1-18(2)12-9-22-10-13-14(12)17-15(20)16(21)19(13)8-11-6-4-3-5-7-11/h3-7,12-14H,8-10H2,1-2H3,(H,17,20)/t12-,13+,14+/m0/s1. The maximum absolute atomic E-state index is 12.3. The second-order valence-electron chi connectivity index (χ2n) is 6.05. The molecule has 0 unspecified atom stereocenters. The van der Waals surface area contributed by atoms with Gasteiger partial charge >= 0.3 is 11.8 Å². The molecule has 0 aliphatic carbocycles. The maximum Gasteiger partial charge on any atom is 0.312 e. The molecule has 2 saturated heterocycles. The van der Waals surface area contributed by atoms with E-state index in [4.69, 9.17) is 4.74 Å². The molecule has 118 valence electrons. The van der Waals surface area contributed by atoms with Crippen LogP contribution >= 0.6 is 0 Å². The Balaban J connectivity index is 1.86. The third-order valence-electron chi connectivity index (χ3n) is 4.42. The van der Waals surface area contributed by atoms with Crippen LogP contribution in [-0.2, 0) is 20.9 Å².